The molecule has 0 amide bonds. The Balaban J connectivity index is 1.58. The minimum absolute atomic E-state index is 0.0274. The summed E-state index contributed by atoms with van der Waals surface area (Å²) in [6.07, 6.45) is 0. The summed E-state index contributed by atoms with van der Waals surface area (Å²) in [4.78, 5) is 41.9. The number of nitrogens with zero attached hydrogens (tertiary/aromatic N) is 1. The summed E-state index contributed by atoms with van der Waals surface area (Å²) < 4.78 is 11.4. The molecule has 3 N–H and O–H groups in total. The molecule has 8 nitrogen and oxygen atoms in total. The molecule has 4 aromatic rings. The van der Waals surface area contributed by atoms with E-state index in [2.05, 4.69) is 10.3 Å². The number of para-hydroxylation sites is 1. The number of benzene rings is 4. The zero-order chi connectivity index (χ0) is 29.5. The molecule has 0 unspecified atom stereocenters. The lowest BCUT2D eigenvalue weighted by Gasteiger charge is -2.20. The van der Waals surface area contributed by atoms with E-state index in [1.165, 1.54) is 20.1 Å². The van der Waals surface area contributed by atoms with Gasteiger partial charge in [0.2, 0.25) is 5.43 Å². The molecule has 0 fully saturated rings. The Morgan fingerprint density at radius 2 is 1.81 bits per heavy atom. The highest BCUT2D eigenvalue weighted by Crippen LogP contribution is 2.44. The Bertz CT molecular complexity index is 2090. The molecule has 42 heavy (non-hydrogen) atoms. The normalized spacial score (nSPS) is 11.2. The zero-order valence-corrected chi connectivity index (χ0v) is 23.4. The summed E-state index contributed by atoms with van der Waals surface area (Å²) in [5, 5.41) is 4.96. The van der Waals surface area contributed by atoms with Gasteiger partial charge >= 0.3 is 5.97 Å². The van der Waals surface area contributed by atoms with Crippen molar-refractivity contribution < 1.29 is 18.7 Å². The van der Waals surface area contributed by atoms with E-state index in [9.17, 15) is 14.4 Å². The summed E-state index contributed by atoms with van der Waals surface area (Å²) in [6, 6.07) is 22.8. The van der Waals surface area contributed by atoms with Gasteiger partial charge in [0.25, 0.3) is 0 Å². The number of esters is 1. The van der Waals surface area contributed by atoms with E-state index in [1.54, 1.807) is 30.3 Å². The van der Waals surface area contributed by atoms with Crippen LogP contribution in [0.2, 0.25) is 5.02 Å². The molecule has 0 radical (unpaired) electrons. The highest BCUT2D eigenvalue weighted by molar-refractivity contribution is 6.31. The van der Waals surface area contributed by atoms with Crippen LogP contribution in [-0.4, -0.2) is 23.8 Å². The van der Waals surface area contributed by atoms with Gasteiger partial charge in [-0.15, -0.1) is 0 Å². The molecule has 0 spiro atoms. The number of fused-ring (bicyclic) bond motifs is 3. The van der Waals surface area contributed by atoms with Crippen LogP contribution in [0.15, 0.2) is 88.1 Å². The van der Waals surface area contributed by atoms with Crippen LogP contribution in [0, 0.1) is 0 Å². The fourth-order valence-electron chi connectivity index (χ4n) is 5.16. The number of carbonyl (C=O) groups excluding carboxylic acids is 2. The van der Waals surface area contributed by atoms with Gasteiger partial charge in [0.15, 0.2) is 5.78 Å². The zero-order valence-electron chi connectivity index (χ0n) is 22.7. The quantitative estimate of drug-likeness (QED) is 0.0943. The first kappa shape index (κ1) is 27.0. The summed E-state index contributed by atoms with van der Waals surface area (Å²) >= 11 is 6.28. The number of anilines is 2. The number of nitrogen functional groups attached to an aromatic ring is 1. The van der Waals surface area contributed by atoms with Gasteiger partial charge in [-0.3, -0.25) is 9.59 Å². The topological polar surface area (TPSA) is 125 Å². The smallest absolute Gasteiger partial charge is 0.338 e. The number of carbonyl (C=O) groups is 2. The first-order valence-electron chi connectivity index (χ1n) is 13.1. The van der Waals surface area contributed by atoms with E-state index < -0.39 is 11.4 Å². The molecule has 6 rings (SSSR count). The van der Waals surface area contributed by atoms with Crippen molar-refractivity contribution in [3.63, 3.8) is 0 Å². The van der Waals surface area contributed by atoms with Crippen LogP contribution in [0.1, 0.15) is 33.3 Å². The molecule has 9 heteroatoms. The molecule has 208 valence electrons. The van der Waals surface area contributed by atoms with Crippen LogP contribution in [0.3, 0.4) is 0 Å². The van der Waals surface area contributed by atoms with Gasteiger partial charge < -0.3 is 20.2 Å². The molecule has 1 aromatic heterocycles. The maximum absolute atomic E-state index is 12.8. The summed E-state index contributed by atoms with van der Waals surface area (Å²) in [7, 11) is 1.32. The maximum atomic E-state index is 12.8. The third kappa shape index (κ3) is 4.61. The number of ketones is 1. The fraction of sp³-hybridized carbons (Fsp3) is 0.0909. The second kappa shape index (κ2) is 10.6. The third-order valence-corrected chi connectivity index (χ3v) is 7.52. The molecule has 0 saturated heterocycles. The summed E-state index contributed by atoms with van der Waals surface area (Å²) in [5.41, 5.74) is 11.5. The summed E-state index contributed by atoms with van der Waals surface area (Å²) in [5.74, 6) is -0.352. The lowest BCUT2D eigenvalue weighted by atomic mass is 9.90. The van der Waals surface area contributed by atoms with Crippen LogP contribution in [-0.2, 0) is 11.3 Å². The van der Waals surface area contributed by atoms with Crippen molar-refractivity contribution in [3.05, 3.63) is 111 Å². The second-order valence-corrected chi connectivity index (χ2v) is 10.2. The largest absolute Gasteiger partial charge is 0.465 e. The number of hydrogen-bond acceptors (Lipinski definition) is 8. The van der Waals surface area contributed by atoms with Gasteiger partial charge in [-0.05, 0) is 42.0 Å². The fourth-order valence-corrected chi connectivity index (χ4v) is 5.32. The Hall–Kier alpha value is -5.21. The van der Waals surface area contributed by atoms with Crippen LogP contribution in [0.5, 0.6) is 0 Å². The summed E-state index contributed by atoms with van der Waals surface area (Å²) in [6.45, 7) is 1.71. The lowest BCUT2D eigenvalue weighted by Crippen LogP contribution is -2.08. The second-order valence-electron chi connectivity index (χ2n) is 9.79. The molecule has 0 saturated carbocycles. The van der Waals surface area contributed by atoms with Crippen LogP contribution in [0.4, 0.5) is 11.4 Å². The predicted octanol–water partition coefficient (Wildman–Crippen LogP) is 6.95. The van der Waals surface area contributed by atoms with Crippen molar-refractivity contribution in [2.45, 2.75) is 13.5 Å². The van der Waals surface area contributed by atoms with E-state index in [-0.39, 0.29) is 23.1 Å². The first-order valence-corrected chi connectivity index (χ1v) is 13.4. The minimum atomic E-state index is -0.509. The third-order valence-electron chi connectivity index (χ3n) is 7.22. The van der Waals surface area contributed by atoms with E-state index >= 15 is 0 Å². The van der Waals surface area contributed by atoms with Gasteiger partial charge in [-0.1, -0.05) is 48.0 Å². The molecular weight excluding hydrogens is 554 g/mol. The Labute approximate surface area is 245 Å². The van der Waals surface area contributed by atoms with Crippen molar-refractivity contribution in [1.82, 2.24) is 4.98 Å². The number of methoxy groups -OCH3 is 1. The van der Waals surface area contributed by atoms with Gasteiger partial charge in [-0.2, -0.15) is 0 Å². The molecule has 0 atom stereocenters. The standard InChI is InChI=1S/C33H24ClN3O5/c1-17(38)26-13-10-18-6-5-9-27(31(18)37-26)36-16-23-25(35)12-11-21-30(19-7-3-4-8-20(19)33(40)41-2)22-14-24(34)28(39)15-29(22)42-32(21)23/h3-15,36H,16,35H2,1-2H3. The van der Waals surface area contributed by atoms with Crippen molar-refractivity contribution in [1.29, 1.82) is 0 Å². The van der Waals surface area contributed by atoms with Gasteiger partial charge in [-0.25, -0.2) is 9.78 Å². The molecule has 2 heterocycles. The average Bonchev–Trinajstić information content (AvgIpc) is 2.99. The number of aromatic nitrogens is 1. The number of nitrogens with two attached hydrogens (primary N) is 1. The number of hydrogen-bond donors (Lipinski definition) is 2. The number of pyridine rings is 1. The molecule has 2 aliphatic rings. The predicted molar refractivity (Wildman–Crippen MR) is 164 cm³/mol. The van der Waals surface area contributed by atoms with E-state index in [1.807, 2.05) is 42.5 Å². The molecule has 0 bridgehead atoms. The molecule has 3 aromatic carbocycles. The maximum Gasteiger partial charge on any atom is 0.338 e. The van der Waals surface area contributed by atoms with Gasteiger partial charge in [0, 0.05) is 52.7 Å². The number of rotatable bonds is 6. The highest BCUT2D eigenvalue weighted by atomic mass is 35.5. The van der Waals surface area contributed by atoms with Crippen LogP contribution < -0.4 is 16.5 Å². The van der Waals surface area contributed by atoms with Gasteiger partial charge in [0.1, 0.15) is 17.0 Å². The van der Waals surface area contributed by atoms with Crippen molar-refractivity contribution in [3.8, 4) is 22.5 Å². The lowest BCUT2D eigenvalue weighted by molar-refractivity contribution is 0.0601. The van der Waals surface area contributed by atoms with Gasteiger partial charge in [0.05, 0.1) is 28.9 Å². The first-order chi connectivity index (χ1) is 20.3. The number of Topliss-reactive ketones (excluding diaryl/α,β-unsaturated/α-hetero) is 1. The van der Waals surface area contributed by atoms with E-state index in [4.69, 9.17) is 26.5 Å². The molecule has 1 aliphatic heterocycles. The van der Waals surface area contributed by atoms with Crippen LogP contribution in [0.25, 0.3) is 44.3 Å². The number of ether oxygens (including phenoxy) is 1. The number of nitrogens with one attached hydrogen (secondary N) is 1. The molecule has 1 aliphatic carbocycles. The number of halogens is 1. The van der Waals surface area contributed by atoms with E-state index in [0.717, 1.165) is 5.39 Å². The van der Waals surface area contributed by atoms with E-state index in [0.29, 0.717) is 61.4 Å². The molecular formula is C33H24ClN3O5. The Morgan fingerprint density at radius 1 is 1.00 bits per heavy atom. The minimum Gasteiger partial charge on any atom is -0.465 e. The van der Waals surface area contributed by atoms with Crippen molar-refractivity contribution in [2.24, 2.45) is 0 Å². The highest BCUT2D eigenvalue weighted by Gasteiger charge is 2.24. The van der Waals surface area contributed by atoms with Crippen molar-refractivity contribution >= 4 is 56.6 Å². The SMILES string of the molecule is COC(=O)c1ccccc1-c1c2cc(Cl)c(=O)cc-2oc2c(CNc3cccc4ccc(C(C)=O)nc34)c(N)ccc12. The monoisotopic (exact) mass is 577 g/mol. The Kier molecular flexibility index (Phi) is 6.84. The average molecular weight is 578 g/mol. The van der Waals surface area contributed by atoms with Crippen LogP contribution >= 0.6 is 11.6 Å². The Morgan fingerprint density at radius 3 is 2.60 bits per heavy atom. The van der Waals surface area contributed by atoms with Crippen molar-refractivity contribution in [2.75, 3.05) is 18.2 Å².